The predicted octanol–water partition coefficient (Wildman–Crippen LogP) is -0.265. The van der Waals surface area contributed by atoms with Crippen molar-refractivity contribution in [1.82, 2.24) is 5.32 Å². The van der Waals surface area contributed by atoms with Crippen molar-refractivity contribution in [3.63, 3.8) is 0 Å². The second kappa shape index (κ2) is 8.99. The third kappa shape index (κ3) is 4.53. The van der Waals surface area contributed by atoms with E-state index in [-0.39, 0.29) is 23.2 Å². The Labute approximate surface area is 153 Å². The number of nitrogens with one attached hydrogen (secondary N) is 1. The van der Waals surface area contributed by atoms with Crippen LogP contribution >= 0.6 is 0 Å². The zero-order valence-corrected chi connectivity index (χ0v) is 14.1. The molecule has 4 N–H and O–H groups in total. The van der Waals surface area contributed by atoms with Crippen LogP contribution in [-0.2, 0) is 6.54 Å². The number of aliphatic hydroxyl groups excluding tert-OH is 3. The van der Waals surface area contributed by atoms with Gasteiger partial charge in [-0.3, -0.25) is 19.2 Å². The Balaban J connectivity index is 2.51. The molecule has 0 saturated carbocycles. The normalized spacial score (nSPS) is 10.5. The van der Waals surface area contributed by atoms with Gasteiger partial charge in [-0.25, -0.2) is 0 Å². The molecule has 1 heterocycles. The first-order chi connectivity index (χ1) is 12.9. The average molecular weight is 375 g/mol. The number of carbonyl (C=O) groups excluding carboxylic acids is 4. The first-order valence-electron chi connectivity index (χ1n) is 7.83. The molecular formula is C18H17NO8. The molecule has 0 fully saturated rings. The van der Waals surface area contributed by atoms with Gasteiger partial charge in [-0.2, -0.15) is 0 Å². The number of hydrogen-bond donors (Lipinski definition) is 4. The lowest BCUT2D eigenvalue weighted by atomic mass is 9.90. The number of Topliss-reactive ketones (excluding diaryl/α,β-unsaturated/α-hetero) is 3. The molecule has 1 aromatic heterocycles. The molecule has 0 aliphatic heterocycles. The van der Waals surface area contributed by atoms with Gasteiger partial charge < -0.3 is 25.1 Å². The second-order valence-corrected chi connectivity index (χ2v) is 5.45. The van der Waals surface area contributed by atoms with Crippen molar-refractivity contribution in [2.75, 3.05) is 19.8 Å². The summed E-state index contributed by atoms with van der Waals surface area (Å²) in [4.78, 5) is 48.5. The molecule has 0 radical (unpaired) electrons. The first-order valence-corrected chi connectivity index (χ1v) is 7.83. The number of benzene rings is 1. The van der Waals surface area contributed by atoms with Crippen molar-refractivity contribution in [1.29, 1.82) is 0 Å². The lowest BCUT2D eigenvalue weighted by molar-refractivity contribution is 0.0856. The smallest absolute Gasteiger partial charge is 0.251 e. The third-order valence-corrected chi connectivity index (χ3v) is 3.71. The Kier molecular flexibility index (Phi) is 6.72. The number of hydrogen-bond acceptors (Lipinski definition) is 8. The Morgan fingerprint density at radius 1 is 0.889 bits per heavy atom. The molecule has 2 aromatic rings. The van der Waals surface area contributed by atoms with Crippen LogP contribution in [0.25, 0.3) is 0 Å². The van der Waals surface area contributed by atoms with Crippen molar-refractivity contribution in [3.8, 4) is 0 Å². The minimum atomic E-state index is -0.999. The van der Waals surface area contributed by atoms with Gasteiger partial charge >= 0.3 is 0 Å². The van der Waals surface area contributed by atoms with Crippen LogP contribution in [0.3, 0.4) is 0 Å². The summed E-state index contributed by atoms with van der Waals surface area (Å²) >= 11 is 0. The Bertz CT molecular complexity index is 832. The highest BCUT2D eigenvalue weighted by atomic mass is 16.3. The number of amides is 1. The Morgan fingerprint density at radius 3 is 1.89 bits per heavy atom. The van der Waals surface area contributed by atoms with E-state index < -0.39 is 48.6 Å². The van der Waals surface area contributed by atoms with E-state index in [0.29, 0.717) is 5.76 Å². The molecule has 9 nitrogen and oxygen atoms in total. The maximum Gasteiger partial charge on any atom is 0.251 e. The topological polar surface area (TPSA) is 154 Å². The van der Waals surface area contributed by atoms with E-state index in [2.05, 4.69) is 5.32 Å². The standard InChI is InChI=1S/C18H17NO8/c20-7-14(23)12-4-10(18(26)19-6-11-2-1-3-27-11)5-13(15(24)8-21)17(12)16(25)9-22/h1-5,20-22H,6-9H2,(H,19,26). The monoisotopic (exact) mass is 375 g/mol. The van der Waals surface area contributed by atoms with Gasteiger partial charge in [0.15, 0.2) is 17.3 Å². The van der Waals surface area contributed by atoms with E-state index in [1.54, 1.807) is 12.1 Å². The van der Waals surface area contributed by atoms with Crippen LogP contribution in [0.1, 0.15) is 47.2 Å². The molecule has 2 rings (SSSR count). The van der Waals surface area contributed by atoms with E-state index in [0.717, 1.165) is 12.1 Å². The van der Waals surface area contributed by atoms with Gasteiger partial charge in [-0.15, -0.1) is 0 Å². The molecule has 1 aromatic carbocycles. The Hall–Kier alpha value is -3.14. The summed E-state index contributed by atoms with van der Waals surface area (Å²) in [6.07, 6.45) is 1.42. The average Bonchev–Trinajstić information content (AvgIpc) is 3.22. The lowest BCUT2D eigenvalue weighted by Gasteiger charge is -2.14. The maximum absolute atomic E-state index is 12.4. The van der Waals surface area contributed by atoms with Crippen LogP contribution in [0.2, 0.25) is 0 Å². The Morgan fingerprint density at radius 2 is 1.44 bits per heavy atom. The number of rotatable bonds is 9. The van der Waals surface area contributed by atoms with Crippen LogP contribution in [0.15, 0.2) is 34.9 Å². The minimum Gasteiger partial charge on any atom is -0.467 e. The molecule has 142 valence electrons. The quantitative estimate of drug-likeness (QED) is 0.437. The summed E-state index contributed by atoms with van der Waals surface area (Å²) < 4.78 is 5.08. The molecule has 1 amide bonds. The summed E-state index contributed by atoms with van der Waals surface area (Å²) in [5.74, 6) is -2.99. The molecule has 0 aliphatic rings. The molecule has 27 heavy (non-hydrogen) atoms. The van der Waals surface area contributed by atoms with Crippen molar-refractivity contribution < 1.29 is 38.9 Å². The van der Waals surface area contributed by atoms with Gasteiger partial charge in [-0.05, 0) is 24.3 Å². The lowest BCUT2D eigenvalue weighted by Crippen LogP contribution is -2.26. The van der Waals surface area contributed by atoms with Gasteiger partial charge in [0.25, 0.3) is 5.91 Å². The molecule has 0 atom stereocenters. The summed E-state index contributed by atoms with van der Waals surface area (Å²) in [5.41, 5.74) is -1.36. The van der Waals surface area contributed by atoms with E-state index in [1.807, 2.05) is 0 Å². The number of ketones is 3. The fourth-order valence-electron chi connectivity index (χ4n) is 2.45. The number of aliphatic hydroxyl groups is 3. The van der Waals surface area contributed by atoms with Crippen LogP contribution in [0, 0.1) is 0 Å². The minimum absolute atomic E-state index is 0.0374. The summed E-state index contributed by atoms with van der Waals surface area (Å²) in [5, 5.41) is 29.9. The largest absolute Gasteiger partial charge is 0.467 e. The van der Waals surface area contributed by atoms with Gasteiger partial charge in [-0.1, -0.05) is 0 Å². The molecule has 0 aliphatic carbocycles. The zero-order chi connectivity index (χ0) is 20.0. The molecule has 0 saturated heterocycles. The van der Waals surface area contributed by atoms with Crippen molar-refractivity contribution in [2.45, 2.75) is 6.54 Å². The zero-order valence-electron chi connectivity index (χ0n) is 14.1. The van der Waals surface area contributed by atoms with Gasteiger partial charge in [0, 0.05) is 22.3 Å². The number of carbonyl (C=O) groups is 4. The van der Waals surface area contributed by atoms with E-state index in [9.17, 15) is 19.2 Å². The highest BCUT2D eigenvalue weighted by molar-refractivity contribution is 6.17. The van der Waals surface area contributed by atoms with E-state index in [4.69, 9.17) is 19.7 Å². The van der Waals surface area contributed by atoms with Crippen molar-refractivity contribution in [2.24, 2.45) is 0 Å². The maximum atomic E-state index is 12.4. The fraction of sp³-hybridized carbons (Fsp3) is 0.222. The predicted molar refractivity (Wildman–Crippen MR) is 90.6 cm³/mol. The summed E-state index contributed by atoms with van der Waals surface area (Å²) in [6, 6.07) is 5.36. The third-order valence-electron chi connectivity index (χ3n) is 3.71. The van der Waals surface area contributed by atoms with Gasteiger partial charge in [0.2, 0.25) is 0 Å². The highest BCUT2D eigenvalue weighted by Gasteiger charge is 2.26. The highest BCUT2D eigenvalue weighted by Crippen LogP contribution is 2.21. The molecule has 0 bridgehead atoms. The molecule has 0 spiro atoms. The van der Waals surface area contributed by atoms with Crippen molar-refractivity contribution in [3.05, 3.63) is 58.5 Å². The second-order valence-electron chi connectivity index (χ2n) is 5.45. The molecular weight excluding hydrogens is 358 g/mol. The molecule has 0 unspecified atom stereocenters. The van der Waals surface area contributed by atoms with E-state index >= 15 is 0 Å². The van der Waals surface area contributed by atoms with Crippen LogP contribution in [-0.4, -0.2) is 58.4 Å². The SMILES string of the molecule is O=C(NCc1ccco1)c1cc(C(=O)CO)c(C(=O)CO)c(C(=O)CO)c1. The summed E-state index contributed by atoms with van der Waals surface area (Å²) in [6.45, 7) is -2.91. The van der Waals surface area contributed by atoms with Crippen LogP contribution in [0.4, 0.5) is 0 Å². The number of furan rings is 1. The van der Waals surface area contributed by atoms with Gasteiger partial charge in [0.1, 0.15) is 25.6 Å². The van der Waals surface area contributed by atoms with Gasteiger partial charge in [0.05, 0.1) is 12.8 Å². The van der Waals surface area contributed by atoms with Crippen LogP contribution in [0.5, 0.6) is 0 Å². The summed E-state index contributed by atoms with van der Waals surface area (Å²) in [7, 11) is 0. The first kappa shape index (κ1) is 20.2. The van der Waals surface area contributed by atoms with Crippen molar-refractivity contribution >= 4 is 23.3 Å². The van der Waals surface area contributed by atoms with Crippen LogP contribution < -0.4 is 5.32 Å². The fourth-order valence-corrected chi connectivity index (χ4v) is 2.45. The van der Waals surface area contributed by atoms with E-state index in [1.165, 1.54) is 6.26 Å². The molecule has 9 heteroatoms.